The molecular weight excluding hydrogens is 418 g/mol. The molecule has 3 amide bonds. The molecule has 2 aliphatic heterocycles. The molecule has 0 aromatic heterocycles. The van der Waals surface area contributed by atoms with Crippen LogP contribution in [0.4, 0.5) is 5.69 Å². The summed E-state index contributed by atoms with van der Waals surface area (Å²) in [6.07, 6.45) is 1.99. The lowest BCUT2D eigenvalue weighted by Crippen LogP contribution is -2.32. The molecule has 2 aromatic carbocycles. The smallest absolute Gasteiger partial charge is 0.279 e. The van der Waals surface area contributed by atoms with Crippen LogP contribution in [0.15, 0.2) is 65.3 Å². The average molecular weight is 440 g/mol. The van der Waals surface area contributed by atoms with E-state index in [4.69, 9.17) is 16.3 Å². The summed E-state index contributed by atoms with van der Waals surface area (Å²) < 4.78 is 5.52. The number of benzene rings is 2. The summed E-state index contributed by atoms with van der Waals surface area (Å²) in [4.78, 5) is 38.9. The standard InChI is InChI=1S/C23H22ClN3O4/c24-19-20(23(30)27(22(19)29)14-15-6-2-1-3-7-15)26-17-9-4-8-16(12-17)21(28)25-13-18-10-5-11-31-18/h1-4,6-9,12,18,26H,5,10-11,13-14H2,(H,25,28). The number of amides is 3. The van der Waals surface area contributed by atoms with Gasteiger partial charge in [0, 0.05) is 24.4 Å². The minimum absolute atomic E-state index is 0.000452. The second kappa shape index (κ2) is 9.32. The van der Waals surface area contributed by atoms with Gasteiger partial charge in [-0.15, -0.1) is 0 Å². The largest absolute Gasteiger partial charge is 0.376 e. The van der Waals surface area contributed by atoms with Gasteiger partial charge in [-0.05, 0) is 36.6 Å². The molecule has 0 aliphatic carbocycles. The van der Waals surface area contributed by atoms with Crippen LogP contribution in [0, 0.1) is 0 Å². The Hall–Kier alpha value is -3.16. The zero-order valence-electron chi connectivity index (χ0n) is 16.8. The van der Waals surface area contributed by atoms with Crippen LogP contribution in [0.1, 0.15) is 28.8 Å². The van der Waals surface area contributed by atoms with E-state index in [0.717, 1.165) is 29.9 Å². The Balaban J connectivity index is 1.43. The fraction of sp³-hybridized carbons (Fsp3) is 0.261. The van der Waals surface area contributed by atoms with Gasteiger partial charge < -0.3 is 15.4 Å². The van der Waals surface area contributed by atoms with E-state index in [0.29, 0.717) is 17.8 Å². The van der Waals surface area contributed by atoms with Crippen LogP contribution < -0.4 is 10.6 Å². The van der Waals surface area contributed by atoms with Crippen molar-refractivity contribution < 1.29 is 19.1 Å². The number of nitrogens with one attached hydrogen (secondary N) is 2. The molecule has 7 nitrogen and oxygen atoms in total. The monoisotopic (exact) mass is 439 g/mol. The van der Waals surface area contributed by atoms with Crippen molar-refractivity contribution in [3.8, 4) is 0 Å². The second-order valence-electron chi connectivity index (χ2n) is 7.42. The lowest BCUT2D eigenvalue weighted by atomic mass is 10.1. The molecule has 0 radical (unpaired) electrons. The van der Waals surface area contributed by atoms with Crippen molar-refractivity contribution in [3.63, 3.8) is 0 Å². The topological polar surface area (TPSA) is 87.7 Å². The number of anilines is 1. The zero-order valence-corrected chi connectivity index (χ0v) is 17.5. The fourth-order valence-corrected chi connectivity index (χ4v) is 3.79. The summed E-state index contributed by atoms with van der Waals surface area (Å²) >= 11 is 6.17. The number of carbonyl (C=O) groups excluding carboxylic acids is 3. The number of imide groups is 1. The predicted molar refractivity (Wildman–Crippen MR) is 116 cm³/mol. The van der Waals surface area contributed by atoms with Crippen LogP contribution in [-0.4, -0.2) is 41.9 Å². The van der Waals surface area contributed by atoms with Crippen LogP contribution in [0.5, 0.6) is 0 Å². The quantitative estimate of drug-likeness (QED) is 0.647. The Morgan fingerprint density at radius 1 is 1.10 bits per heavy atom. The lowest BCUT2D eigenvalue weighted by molar-refractivity contribution is -0.138. The van der Waals surface area contributed by atoms with E-state index >= 15 is 0 Å². The van der Waals surface area contributed by atoms with Gasteiger partial charge in [0.25, 0.3) is 17.7 Å². The van der Waals surface area contributed by atoms with Gasteiger partial charge in [-0.1, -0.05) is 48.0 Å². The second-order valence-corrected chi connectivity index (χ2v) is 7.80. The maximum atomic E-state index is 12.8. The van der Waals surface area contributed by atoms with E-state index in [2.05, 4.69) is 10.6 Å². The van der Waals surface area contributed by atoms with Gasteiger partial charge in [-0.3, -0.25) is 19.3 Å². The van der Waals surface area contributed by atoms with Gasteiger partial charge >= 0.3 is 0 Å². The Morgan fingerprint density at radius 2 is 1.90 bits per heavy atom. The van der Waals surface area contributed by atoms with E-state index in [-0.39, 0.29) is 29.3 Å². The predicted octanol–water partition coefficient (Wildman–Crippen LogP) is 3.03. The summed E-state index contributed by atoms with van der Waals surface area (Å²) in [6, 6.07) is 15.9. The summed E-state index contributed by atoms with van der Waals surface area (Å²) in [7, 11) is 0. The van der Waals surface area contributed by atoms with Crippen molar-refractivity contribution in [2.24, 2.45) is 0 Å². The lowest BCUT2D eigenvalue weighted by Gasteiger charge is -2.15. The van der Waals surface area contributed by atoms with Crippen molar-refractivity contribution in [2.45, 2.75) is 25.5 Å². The average Bonchev–Trinajstić information content (AvgIpc) is 3.38. The molecule has 1 saturated heterocycles. The maximum Gasteiger partial charge on any atom is 0.279 e. The van der Waals surface area contributed by atoms with Crippen molar-refractivity contribution in [1.29, 1.82) is 0 Å². The molecule has 8 heteroatoms. The minimum atomic E-state index is -0.552. The molecule has 2 heterocycles. The van der Waals surface area contributed by atoms with Gasteiger partial charge in [0.1, 0.15) is 10.7 Å². The molecule has 1 unspecified atom stereocenters. The highest BCUT2D eigenvalue weighted by Crippen LogP contribution is 2.27. The van der Waals surface area contributed by atoms with Crippen LogP contribution in [0.3, 0.4) is 0 Å². The summed E-state index contributed by atoms with van der Waals surface area (Å²) in [5.74, 6) is -1.30. The molecular formula is C23H22ClN3O4. The highest BCUT2D eigenvalue weighted by molar-refractivity contribution is 6.48. The van der Waals surface area contributed by atoms with Crippen LogP contribution in [0.25, 0.3) is 0 Å². The summed E-state index contributed by atoms with van der Waals surface area (Å²) in [6.45, 7) is 1.31. The molecule has 2 aromatic rings. The van der Waals surface area contributed by atoms with Crippen LogP contribution in [-0.2, 0) is 20.9 Å². The Morgan fingerprint density at radius 3 is 2.65 bits per heavy atom. The van der Waals surface area contributed by atoms with Crippen molar-refractivity contribution in [2.75, 3.05) is 18.5 Å². The van der Waals surface area contributed by atoms with Crippen molar-refractivity contribution >= 4 is 35.0 Å². The third-order valence-electron chi connectivity index (χ3n) is 5.20. The molecule has 2 aliphatic rings. The zero-order chi connectivity index (χ0) is 21.8. The first-order chi connectivity index (χ1) is 15.0. The first-order valence-corrected chi connectivity index (χ1v) is 10.5. The highest BCUT2D eigenvalue weighted by Gasteiger charge is 2.37. The molecule has 160 valence electrons. The molecule has 4 rings (SSSR count). The molecule has 0 saturated carbocycles. The van der Waals surface area contributed by atoms with E-state index in [1.54, 1.807) is 24.3 Å². The summed E-state index contributed by atoms with van der Waals surface area (Å²) in [5, 5.41) is 5.60. The van der Waals surface area contributed by atoms with Crippen LogP contribution >= 0.6 is 11.6 Å². The molecule has 1 atom stereocenters. The minimum Gasteiger partial charge on any atom is -0.376 e. The number of ether oxygens (including phenoxy) is 1. The maximum absolute atomic E-state index is 12.8. The molecule has 31 heavy (non-hydrogen) atoms. The Labute approximate surface area is 185 Å². The first-order valence-electron chi connectivity index (χ1n) is 10.1. The molecule has 1 fully saturated rings. The number of hydrogen-bond acceptors (Lipinski definition) is 5. The van der Waals surface area contributed by atoms with E-state index in [1.165, 1.54) is 0 Å². The highest BCUT2D eigenvalue weighted by atomic mass is 35.5. The molecule has 2 N–H and O–H groups in total. The van der Waals surface area contributed by atoms with Gasteiger partial charge in [-0.2, -0.15) is 0 Å². The number of rotatable bonds is 7. The van der Waals surface area contributed by atoms with Gasteiger partial charge in [-0.25, -0.2) is 0 Å². The fourth-order valence-electron chi connectivity index (χ4n) is 3.56. The van der Waals surface area contributed by atoms with Gasteiger partial charge in [0.2, 0.25) is 0 Å². The normalized spacial score (nSPS) is 18.6. The van der Waals surface area contributed by atoms with E-state index in [1.807, 2.05) is 30.3 Å². The first kappa shape index (κ1) is 21.1. The number of hydrogen-bond donors (Lipinski definition) is 2. The number of nitrogens with zero attached hydrogens (tertiary/aromatic N) is 1. The number of carbonyl (C=O) groups is 3. The SMILES string of the molecule is O=C(NCC1CCCO1)c1cccc(NC2=C(Cl)C(=O)N(Cc3ccccc3)C2=O)c1. The van der Waals surface area contributed by atoms with Gasteiger partial charge in [0.15, 0.2) is 0 Å². The van der Waals surface area contributed by atoms with Crippen LogP contribution in [0.2, 0.25) is 0 Å². The third-order valence-corrected chi connectivity index (χ3v) is 5.55. The molecule has 0 spiro atoms. The van der Waals surface area contributed by atoms with Gasteiger partial charge in [0.05, 0.1) is 12.6 Å². The Kier molecular flexibility index (Phi) is 6.34. The van der Waals surface area contributed by atoms with E-state index in [9.17, 15) is 14.4 Å². The van der Waals surface area contributed by atoms with Crippen molar-refractivity contribution in [3.05, 3.63) is 76.5 Å². The van der Waals surface area contributed by atoms with E-state index < -0.39 is 11.8 Å². The Bertz CT molecular complexity index is 1030. The summed E-state index contributed by atoms with van der Waals surface area (Å²) in [5.41, 5.74) is 1.73. The third kappa shape index (κ3) is 4.78. The number of halogens is 1. The molecule has 0 bridgehead atoms. The van der Waals surface area contributed by atoms with Crippen molar-refractivity contribution in [1.82, 2.24) is 10.2 Å².